The van der Waals surface area contributed by atoms with E-state index < -0.39 is 5.79 Å². The number of ether oxygens (including phenoxy) is 2. The highest BCUT2D eigenvalue weighted by atomic mass is 19.1. The van der Waals surface area contributed by atoms with Crippen LogP contribution < -0.4 is 0 Å². The van der Waals surface area contributed by atoms with Crippen LogP contribution in [0.5, 0.6) is 0 Å². The van der Waals surface area contributed by atoms with Crippen molar-refractivity contribution in [2.75, 3.05) is 6.61 Å². The lowest BCUT2D eigenvalue weighted by atomic mass is 10.0. The summed E-state index contributed by atoms with van der Waals surface area (Å²) in [5.41, 5.74) is 4.61. The van der Waals surface area contributed by atoms with Gasteiger partial charge in [0.25, 0.3) is 0 Å². The molecule has 1 aromatic heterocycles. The van der Waals surface area contributed by atoms with E-state index in [0.29, 0.717) is 6.61 Å². The van der Waals surface area contributed by atoms with Gasteiger partial charge in [-0.15, -0.1) is 0 Å². The van der Waals surface area contributed by atoms with Gasteiger partial charge in [0.05, 0.1) is 18.0 Å². The molecule has 1 aliphatic rings. The molecule has 0 N–H and O–H groups in total. The Morgan fingerprint density at radius 3 is 2.06 bits per heavy atom. The number of aromatic nitrogens is 2. The van der Waals surface area contributed by atoms with E-state index in [-0.39, 0.29) is 11.9 Å². The predicted molar refractivity (Wildman–Crippen MR) is 118 cm³/mol. The number of halogens is 1. The first kappa shape index (κ1) is 19.7. The Labute approximate surface area is 180 Å². The van der Waals surface area contributed by atoms with Crippen LogP contribution in [0, 0.1) is 5.82 Å². The lowest BCUT2D eigenvalue weighted by Gasteiger charge is -2.18. The van der Waals surface area contributed by atoms with Crippen molar-refractivity contribution in [2.24, 2.45) is 0 Å². The molecular formula is C26H23FN2O2. The fourth-order valence-corrected chi connectivity index (χ4v) is 3.98. The number of rotatable bonds is 4. The quantitative estimate of drug-likeness (QED) is 0.401. The maximum Gasteiger partial charge on any atom is 0.164 e. The van der Waals surface area contributed by atoms with Crippen LogP contribution in [0.4, 0.5) is 4.39 Å². The first-order valence-corrected chi connectivity index (χ1v) is 10.3. The Kier molecular flexibility index (Phi) is 4.93. The molecule has 0 spiro atoms. The molecule has 0 unspecified atom stereocenters. The normalized spacial score (nSPS) is 17.7. The van der Waals surface area contributed by atoms with Crippen molar-refractivity contribution < 1.29 is 13.9 Å². The molecule has 0 radical (unpaired) electrons. The molecule has 3 aromatic carbocycles. The zero-order valence-corrected chi connectivity index (χ0v) is 17.5. The van der Waals surface area contributed by atoms with Gasteiger partial charge in [0.1, 0.15) is 17.7 Å². The molecule has 1 saturated heterocycles. The van der Waals surface area contributed by atoms with Gasteiger partial charge in [-0.25, -0.2) is 9.37 Å². The highest BCUT2D eigenvalue weighted by Crippen LogP contribution is 2.40. The van der Waals surface area contributed by atoms with Crippen LogP contribution in [0.25, 0.3) is 28.2 Å². The minimum atomic E-state index is -0.690. The molecule has 1 atom stereocenters. The molecule has 0 aliphatic carbocycles. The van der Waals surface area contributed by atoms with Gasteiger partial charge in [-0.3, -0.25) is 4.57 Å². The first-order valence-electron chi connectivity index (χ1n) is 10.3. The summed E-state index contributed by atoms with van der Waals surface area (Å²) in [5.74, 6) is -0.240. The molecule has 31 heavy (non-hydrogen) atoms. The Hall–Kier alpha value is -3.28. The average Bonchev–Trinajstić information content (AvgIpc) is 3.36. The number of benzene rings is 3. The molecule has 5 rings (SSSR count). The molecule has 0 amide bonds. The summed E-state index contributed by atoms with van der Waals surface area (Å²) in [4.78, 5) is 5.07. The van der Waals surface area contributed by atoms with E-state index >= 15 is 0 Å². The second-order valence-corrected chi connectivity index (χ2v) is 8.03. The van der Waals surface area contributed by atoms with E-state index in [0.717, 1.165) is 34.0 Å². The van der Waals surface area contributed by atoms with Crippen molar-refractivity contribution in [3.8, 4) is 28.2 Å². The Morgan fingerprint density at radius 1 is 0.871 bits per heavy atom. The van der Waals surface area contributed by atoms with Gasteiger partial charge < -0.3 is 9.47 Å². The first-order chi connectivity index (χ1) is 15.0. The van der Waals surface area contributed by atoms with Crippen molar-refractivity contribution in [3.63, 3.8) is 0 Å². The third-order valence-electron chi connectivity index (χ3n) is 5.38. The molecule has 1 fully saturated rings. The third-order valence-corrected chi connectivity index (χ3v) is 5.38. The van der Waals surface area contributed by atoms with Gasteiger partial charge in [0, 0.05) is 16.8 Å². The maximum absolute atomic E-state index is 13.7. The van der Waals surface area contributed by atoms with Crippen molar-refractivity contribution in [2.45, 2.75) is 25.7 Å². The SMILES string of the molecule is CC1(C)OC[C@H](c2nc(-c3ccccc3)c(-c3ccccc3)n2-c2ccc(F)cc2)O1. The summed E-state index contributed by atoms with van der Waals surface area (Å²) in [7, 11) is 0. The van der Waals surface area contributed by atoms with Gasteiger partial charge in [-0.2, -0.15) is 0 Å². The van der Waals surface area contributed by atoms with Gasteiger partial charge >= 0.3 is 0 Å². The van der Waals surface area contributed by atoms with Crippen LogP contribution in [-0.4, -0.2) is 21.9 Å². The van der Waals surface area contributed by atoms with Crippen LogP contribution >= 0.6 is 0 Å². The Morgan fingerprint density at radius 2 is 1.48 bits per heavy atom. The van der Waals surface area contributed by atoms with Gasteiger partial charge in [-0.1, -0.05) is 60.7 Å². The second-order valence-electron chi connectivity index (χ2n) is 8.03. The van der Waals surface area contributed by atoms with Crippen LogP contribution in [0.15, 0.2) is 84.9 Å². The molecule has 2 heterocycles. The van der Waals surface area contributed by atoms with E-state index in [1.807, 2.05) is 62.4 Å². The van der Waals surface area contributed by atoms with E-state index in [1.54, 1.807) is 12.1 Å². The minimum Gasteiger partial charge on any atom is -0.347 e. The highest BCUT2D eigenvalue weighted by Gasteiger charge is 2.38. The van der Waals surface area contributed by atoms with E-state index in [2.05, 4.69) is 16.7 Å². The van der Waals surface area contributed by atoms with Crippen molar-refractivity contribution in [3.05, 3.63) is 96.6 Å². The largest absolute Gasteiger partial charge is 0.347 e. The second kappa shape index (κ2) is 7.76. The van der Waals surface area contributed by atoms with Crippen LogP contribution in [0.2, 0.25) is 0 Å². The smallest absolute Gasteiger partial charge is 0.164 e. The van der Waals surface area contributed by atoms with Crippen molar-refractivity contribution in [1.82, 2.24) is 9.55 Å². The summed E-state index contributed by atoms with van der Waals surface area (Å²) in [6.45, 7) is 4.19. The van der Waals surface area contributed by atoms with Crippen molar-refractivity contribution >= 4 is 0 Å². The highest BCUT2D eigenvalue weighted by molar-refractivity contribution is 5.80. The number of hydrogen-bond donors (Lipinski definition) is 0. The zero-order valence-electron chi connectivity index (χ0n) is 17.5. The zero-order chi connectivity index (χ0) is 21.4. The van der Waals surface area contributed by atoms with Crippen LogP contribution in [-0.2, 0) is 9.47 Å². The summed E-state index contributed by atoms with van der Waals surface area (Å²) >= 11 is 0. The lowest BCUT2D eigenvalue weighted by molar-refractivity contribution is -0.140. The fraction of sp³-hybridized carbons (Fsp3) is 0.192. The average molecular weight is 414 g/mol. The fourth-order valence-electron chi connectivity index (χ4n) is 3.98. The minimum absolute atomic E-state index is 0.281. The molecule has 1 aliphatic heterocycles. The van der Waals surface area contributed by atoms with E-state index in [9.17, 15) is 4.39 Å². The Bertz CT molecular complexity index is 1190. The molecule has 4 nitrogen and oxygen atoms in total. The monoisotopic (exact) mass is 414 g/mol. The molecule has 156 valence electrons. The topological polar surface area (TPSA) is 36.3 Å². The number of imidazole rings is 1. The van der Waals surface area contributed by atoms with E-state index in [4.69, 9.17) is 14.5 Å². The van der Waals surface area contributed by atoms with Crippen LogP contribution in [0.3, 0.4) is 0 Å². The van der Waals surface area contributed by atoms with Crippen LogP contribution in [0.1, 0.15) is 25.8 Å². The lowest BCUT2D eigenvalue weighted by Crippen LogP contribution is -2.20. The number of hydrogen-bond acceptors (Lipinski definition) is 3. The summed E-state index contributed by atoms with van der Waals surface area (Å²) in [6.07, 6.45) is -0.347. The van der Waals surface area contributed by atoms with Gasteiger partial charge in [-0.05, 0) is 38.1 Å². The standard InChI is InChI=1S/C26H23FN2O2/c1-26(2)30-17-22(31-26)25-28-23(18-9-5-3-6-10-18)24(19-11-7-4-8-12-19)29(25)21-15-13-20(27)14-16-21/h3-16,22H,17H2,1-2H3/t22-/m1/s1. The molecule has 0 bridgehead atoms. The molecular weight excluding hydrogens is 391 g/mol. The number of nitrogens with zero attached hydrogens (tertiary/aromatic N) is 2. The third kappa shape index (κ3) is 3.78. The molecule has 0 saturated carbocycles. The summed E-state index contributed by atoms with van der Waals surface area (Å²) in [6, 6.07) is 26.6. The molecule has 4 aromatic rings. The van der Waals surface area contributed by atoms with E-state index in [1.165, 1.54) is 12.1 Å². The van der Waals surface area contributed by atoms with Gasteiger partial charge in [0.2, 0.25) is 0 Å². The van der Waals surface area contributed by atoms with Gasteiger partial charge in [0.15, 0.2) is 5.79 Å². The molecule has 5 heteroatoms. The Balaban J connectivity index is 1.80. The maximum atomic E-state index is 13.7. The summed E-state index contributed by atoms with van der Waals surface area (Å²) in [5, 5.41) is 0. The predicted octanol–water partition coefficient (Wildman–Crippen LogP) is 6.17. The van der Waals surface area contributed by atoms with Crippen molar-refractivity contribution in [1.29, 1.82) is 0 Å². The summed E-state index contributed by atoms with van der Waals surface area (Å²) < 4.78 is 27.8.